The summed E-state index contributed by atoms with van der Waals surface area (Å²) in [5, 5.41) is 15.4. The van der Waals surface area contributed by atoms with Gasteiger partial charge in [0.05, 0.1) is 13.2 Å². The molecule has 2 N–H and O–H groups in total. The van der Waals surface area contributed by atoms with Gasteiger partial charge < -0.3 is 15.4 Å². The summed E-state index contributed by atoms with van der Waals surface area (Å²) in [5.74, 6) is 0.718. The van der Waals surface area contributed by atoms with E-state index in [2.05, 4.69) is 30.5 Å². The molecule has 1 amide bonds. The number of carbonyl (C=O) groups excluding carboxylic acids is 1. The van der Waals surface area contributed by atoms with Gasteiger partial charge in [-0.25, -0.2) is 0 Å². The molecule has 0 spiro atoms. The number of para-hydroxylation sites is 1. The van der Waals surface area contributed by atoms with Crippen LogP contribution >= 0.6 is 0 Å². The average molecular weight is 377 g/mol. The summed E-state index contributed by atoms with van der Waals surface area (Å²) in [7, 11) is 1.61. The van der Waals surface area contributed by atoms with Gasteiger partial charge in [-0.2, -0.15) is 5.26 Å². The van der Waals surface area contributed by atoms with Crippen molar-refractivity contribution < 1.29 is 9.53 Å². The Balaban J connectivity index is 2.10. The van der Waals surface area contributed by atoms with Crippen molar-refractivity contribution in [1.82, 2.24) is 5.32 Å². The van der Waals surface area contributed by atoms with E-state index >= 15 is 0 Å². The Kier molecular flexibility index (Phi) is 7.65. The van der Waals surface area contributed by atoms with Crippen LogP contribution < -0.4 is 15.4 Å². The van der Waals surface area contributed by atoms with Gasteiger partial charge in [-0.05, 0) is 48.6 Å². The summed E-state index contributed by atoms with van der Waals surface area (Å²) >= 11 is 0. The van der Waals surface area contributed by atoms with E-state index in [9.17, 15) is 10.1 Å². The number of benzene rings is 2. The smallest absolute Gasteiger partial charge is 0.263 e. The monoisotopic (exact) mass is 377 g/mol. The van der Waals surface area contributed by atoms with Crippen LogP contribution in [0.1, 0.15) is 50.3 Å². The highest BCUT2D eigenvalue weighted by Crippen LogP contribution is 2.26. The molecule has 5 nitrogen and oxygen atoms in total. The first-order valence-electron chi connectivity index (χ1n) is 9.40. The van der Waals surface area contributed by atoms with Crippen LogP contribution in [0.2, 0.25) is 0 Å². The van der Waals surface area contributed by atoms with Crippen molar-refractivity contribution >= 4 is 11.6 Å². The first kappa shape index (κ1) is 21.0. The molecule has 5 heteroatoms. The summed E-state index contributed by atoms with van der Waals surface area (Å²) in [5.41, 5.74) is 3.02. The average Bonchev–Trinajstić information content (AvgIpc) is 2.73. The Morgan fingerprint density at radius 3 is 2.46 bits per heavy atom. The van der Waals surface area contributed by atoms with Gasteiger partial charge in [-0.15, -0.1) is 0 Å². The topological polar surface area (TPSA) is 74.2 Å². The predicted octanol–water partition coefficient (Wildman–Crippen LogP) is 4.91. The maximum atomic E-state index is 12.5. The number of methoxy groups -OCH3 is 1. The van der Waals surface area contributed by atoms with Gasteiger partial charge in [0.2, 0.25) is 0 Å². The maximum absolute atomic E-state index is 12.5. The number of hydrogen-bond donors (Lipinski definition) is 2. The molecule has 28 heavy (non-hydrogen) atoms. The highest BCUT2D eigenvalue weighted by Gasteiger charge is 2.14. The molecule has 0 aliphatic rings. The largest absolute Gasteiger partial charge is 0.497 e. The number of amides is 1. The van der Waals surface area contributed by atoms with Crippen molar-refractivity contribution in [3.05, 3.63) is 71.4 Å². The standard InChI is InChI=1S/C23H27N3O2/c1-5-16(2)21-8-6-7-9-22(21)25-15-19(14-24)23(27)26-17(3)18-10-12-20(28-4)13-11-18/h6-13,15-17,25H,5H2,1-4H3,(H,26,27)/b19-15-. The fourth-order valence-electron chi connectivity index (χ4n) is 2.83. The highest BCUT2D eigenvalue weighted by molar-refractivity contribution is 5.97. The Bertz CT molecular complexity index is 866. The summed E-state index contributed by atoms with van der Waals surface area (Å²) in [6.45, 7) is 6.16. The number of anilines is 1. The van der Waals surface area contributed by atoms with Crippen LogP contribution in [0.5, 0.6) is 5.75 Å². The third-order valence-electron chi connectivity index (χ3n) is 4.80. The van der Waals surface area contributed by atoms with Crippen LogP contribution in [-0.2, 0) is 4.79 Å². The number of rotatable bonds is 8. The summed E-state index contributed by atoms with van der Waals surface area (Å²) in [6.07, 6.45) is 2.48. The molecule has 0 aliphatic heterocycles. The molecule has 0 fully saturated rings. The molecule has 2 aromatic carbocycles. The van der Waals surface area contributed by atoms with Gasteiger partial charge in [0.25, 0.3) is 5.91 Å². The first-order valence-corrected chi connectivity index (χ1v) is 9.40. The minimum absolute atomic E-state index is 0.0271. The van der Waals surface area contributed by atoms with Gasteiger partial charge in [0.1, 0.15) is 17.4 Å². The molecule has 0 heterocycles. The van der Waals surface area contributed by atoms with Crippen molar-refractivity contribution in [2.24, 2.45) is 0 Å². The van der Waals surface area contributed by atoms with Gasteiger partial charge in [0.15, 0.2) is 0 Å². The molecule has 0 radical (unpaired) electrons. The van der Waals surface area contributed by atoms with Crippen LogP contribution in [0.25, 0.3) is 0 Å². The van der Waals surface area contributed by atoms with Crippen molar-refractivity contribution in [3.8, 4) is 11.8 Å². The van der Waals surface area contributed by atoms with E-state index in [0.29, 0.717) is 5.92 Å². The second-order valence-electron chi connectivity index (χ2n) is 6.68. The van der Waals surface area contributed by atoms with Gasteiger partial charge in [0, 0.05) is 11.9 Å². The van der Waals surface area contributed by atoms with E-state index < -0.39 is 5.91 Å². The molecule has 0 bridgehead atoms. The van der Waals surface area contributed by atoms with Crippen LogP contribution in [0, 0.1) is 11.3 Å². The minimum Gasteiger partial charge on any atom is -0.497 e. The number of hydrogen-bond acceptors (Lipinski definition) is 4. The molecule has 0 saturated carbocycles. The van der Waals surface area contributed by atoms with Crippen molar-refractivity contribution in [1.29, 1.82) is 5.26 Å². The highest BCUT2D eigenvalue weighted by atomic mass is 16.5. The zero-order valence-electron chi connectivity index (χ0n) is 16.8. The quantitative estimate of drug-likeness (QED) is 0.506. The number of nitrogens with one attached hydrogen (secondary N) is 2. The zero-order chi connectivity index (χ0) is 20.5. The Labute approximate surface area is 167 Å². The van der Waals surface area contributed by atoms with E-state index in [1.54, 1.807) is 7.11 Å². The lowest BCUT2D eigenvalue weighted by molar-refractivity contribution is -0.117. The molecular weight excluding hydrogens is 350 g/mol. The fraction of sp³-hybridized carbons (Fsp3) is 0.304. The SMILES string of the molecule is CCC(C)c1ccccc1N/C=C(/C#N)C(=O)NC(C)c1ccc(OC)cc1. The lowest BCUT2D eigenvalue weighted by Gasteiger charge is -2.16. The Hall–Kier alpha value is -3.26. The molecule has 2 rings (SSSR count). The Morgan fingerprint density at radius 1 is 1.18 bits per heavy atom. The third kappa shape index (κ3) is 5.37. The molecular formula is C23H27N3O2. The molecule has 2 aromatic rings. The van der Waals surface area contributed by atoms with E-state index in [1.165, 1.54) is 6.20 Å². The van der Waals surface area contributed by atoms with Crippen LogP contribution in [0.3, 0.4) is 0 Å². The van der Waals surface area contributed by atoms with Gasteiger partial charge in [-0.3, -0.25) is 4.79 Å². The van der Waals surface area contributed by atoms with Crippen molar-refractivity contribution in [2.45, 2.75) is 39.2 Å². The second-order valence-corrected chi connectivity index (χ2v) is 6.68. The molecule has 2 unspecified atom stereocenters. The number of nitrogens with zero attached hydrogens (tertiary/aromatic N) is 1. The van der Waals surface area contributed by atoms with E-state index in [0.717, 1.165) is 29.0 Å². The van der Waals surface area contributed by atoms with Crippen LogP contribution in [-0.4, -0.2) is 13.0 Å². The first-order chi connectivity index (χ1) is 13.5. The number of nitriles is 1. The van der Waals surface area contributed by atoms with E-state index in [4.69, 9.17) is 4.74 Å². The van der Waals surface area contributed by atoms with Gasteiger partial charge >= 0.3 is 0 Å². The predicted molar refractivity (Wildman–Crippen MR) is 112 cm³/mol. The van der Waals surface area contributed by atoms with Crippen LogP contribution in [0.15, 0.2) is 60.3 Å². The normalized spacial score (nSPS) is 13.2. The Morgan fingerprint density at radius 2 is 1.86 bits per heavy atom. The molecule has 0 aliphatic carbocycles. The summed E-state index contributed by atoms with van der Waals surface area (Å²) in [6, 6.07) is 17.1. The summed E-state index contributed by atoms with van der Waals surface area (Å²) < 4.78 is 5.15. The van der Waals surface area contributed by atoms with E-state index in [1.807, 2.05) is 55.5 Å². The molecule has 0 saturated heterocycles. The maximum Gasteiger partial charge on any atom is 0.263 e. The molecule has 2 atom stereocenters. The second kappa shape index (κ2) is 10.2. The van der Waals surface area contributed by atoms with Crippen molar-refractivity contribution in [3.63, 3.8) is 0 Å². The zero-order valence-corrected chi connectivity index (χ0v) is 16.8. The van der Waals surface area contributed by atoms with Crippen molar-refractivity contribution in [2.75, 3.05) is 12.4 Å². The number of ether oxygens (including phenoxy) is 1. The van der Waals surface area contributed by atoms with E-state index in [-0.39, 0.29) is 11.6 Å². The summed E-state index contributed by atoms with van der Waals surface area (Å²) in [4.78, 5) is 12.5. The molecule has 0 aromatic heterocycles. The van der Waals surface area contributed by atoms with Crippen LogP contribution in [0.4, 0.5) is 5.69 Å². The third-order valence-corrected chi connectivity index (χ3v) is 4.80. The lowest BCUT2D eigenvalue weighted by Crippen LogP contribution is -2.28. The molecule has 146 valence electrons. The lowest BCUT2D eigenvalue weighted by atomic mass is 9.97. The van der Waals surface area contributed by atoms with Gasteiger partial charge in [-0.1, -0.05) is 44.2 Å². The fourth-order valence-corrected chi connectivity index (χ4v) is 2.83. The minimum atomic E-state index is -0.417. The number of carbonyl (C=O) groups is 1.